The highest BCUT2D eigenvalue weighted by molar-refractivity contribution is 14.0. The van der Waals surface area contributed by atoms with Gasteiger partial charge in [-0.05, 0) is 44.0 Å². The number of benzene rings is 1. The second-order valence-electron chi connectivity index (χ2n) is 8.46. The molecule has 1 unspecified atom stereocenters. The van der Waals surface area contributed by atoms with Crippen LogP contribution in [0.15, 0.2) is 29.3 Å². The molecular formula is C24H41IN6O2. The topological polar surface area (TPSA) is 72.4 Å². The van der Waals surface area contributed by atoms with Gasteiger partial charge >= 0.3 is 0 Å². The van der Waals surface area contributed by atoms with Crippen LogP contribution in [0.1, 0.15) is 33.1 Å². The Morgan fingerprint density at radius 1 is 1.12 bits per heavy atom. The van der Waals surface area contributed by atoms with E-state index in [1.165, 1.54) is 5.69 Å². The quantitative estimate of drug-likeness (QED) is 0.205. The summed E-state index contributed by atoms with van der Waals surface area (Å²) in [5, 5.41) is 6.86. The van der Waals surface area contributed by atoms with Gasteiger partial charge in [0, 0.05) is 77.1 Å². The third kappa shape index (κ3) is 8.51. The highest BCUT2D eigenvalue weighted by Gasteiger charge is 2.25. The predicted octanol–water partition coefficient (Wildman–Crippen LogP) is 2.39. The van der Waals surface area contributed by atoms with Crippen molar-refractivity contribution in [2.24, 2.45) is 4.99 Å². The van der Waals surface area contributed by atoms with Crippen molar-refractivity contribution in [3.8, 4) is 5.75 Å². The van der Waals surface area contributed by atoms with E-state index in [1.54, 1.807) is 7.11 Å². The summed E-state index contributed by atoms with van der Waals surface area (Å²) >= 11 is 0. The molecule has 186 valence electrons. The van der Waals surface area contributed by atoms with Crippen molar-refractivity contribution >= 4 is 41.5 Å². The number of aliphatic imine (C=N–C) groups is 1. The third-order valence-corrected chi connectivity index (χ3v) is 6.24. The number of nitrogens with zero attached hydrogens (tertiary/aromatic N) is 4. The zero-order chi connectivity index (χ0) is 22.8. The van der Waals surface area contributed by atoms with Gasteiger partial charge in [-0.3, -0.25) is 14.7 Å². The predicted molar refractivity (Wildman–Crippen MR) is 146 cm³/mol. The number of methoxy groups -OCH3 is 1. The van der Waals surface area contributed by atoms with Gasteiger partial charge in [0.1, 0.15) is 5.75 Å². The number of piperazine rings is 1. The van der Waals surface area contributed by atoms with Crippen molar-refractivity contribution in [2.75, 3.05) is 70.9 Å². The molecule has 1 atom stereocenters. The van der Waals surface area contributed by atoms with Crippen LogP contribution in [0.5, 0.6) is 5.75 Å². The number of guanidine groups is 1. The number of carbonyl (C=O) groups is 1. The van der Waals surface area contributed by atoms with Crippen LogP contribution in [0.3, 0.4) is 0 Å². The molecule has 8 nitrogen and oxygen atoms in total. The number of amides is 1. The fraction of sp³-hybridized carbons (Fsp3) is 0.667. The number of rotatable bonds is 9. The monoisotopic (exact) mass is 572 g/mol. The van der Waals surface area contributed by atoms with E-state index < -0.39 is 0 Å². The van der Waals surface area contributed by atoms with E-state index in [0.29, 0.717) is 6.42 Å². The Morgan fingerprint density at radius 3 is 2.48 bits per heavy atom. The lowest BCUT2D eigenvalue weighted by atomic mass is 10.2. The van der Waals surface area contributed by atoms with E-state index in [0.717, 1.165) is 83.5 Å². The molecule has 2 fully saturated rings. The molecule has 2 aliphatic heterocycles. The summed E-state index contributed by atoms with van der Waals surface area (Å²) in [6.07, 6.45) is 2.61. The molecule has 0 aromatic heterocycles. The van der Waals surface area contributed by atoms with E-state index in [2.05, 4.69) is 39.5 Å². The van der Waals surface area contributed by atoms with Crippen LogP contribution in [-0.2, 0) is 4.79 Å². The van der Waals surface area contributed by atoms with Crippen LogP contribution >= 0.6 is 24.0 Å². The van der Waals surface area contributed by atoms with Crippen molar-refractivity contribution in [1.29, 1.82) is 0 Å². The number of nitrogens with one attached hydrogen (secondary N) is 2. The van der Waals surface area contributed by atoms with Crippen LogP contribution in [0.2, 0.25) is 0 Å². The average molecular weight is 573 g/mol. The Kier molecular flexibility index (Phi) is 12.1. The van der Waals surface area contributed by atoms with E-state index in [9.17, 15) is 4.79 Å². The Bertz CT molecular complexity index is 737. The largest absolute Gasteiger partial charge is 0.497 e. The zero-order valence-corrected chi connectivity index (χ0v) is 22.7. The number of carbonyl (C=O) groups excluding carboxylic acids is 1. The third-order valence-electron chi connectivity index (χ3n) is 6.24. The van der Waals surface area contributed by atoms with Gasteiger partial charge in [-0.25, -0.2) is 0 Å². The molecule has 0 radical (unpaired) electrons. The highest BCUT2D eigenvalue weighted by Crippen LogP contribution is 2.20. The maximum absolute atomic E-state index is 11.9. The average Bonchev–Trinajstić information content (AvgIpc) is 3.30. The maximum Gasteiger partial charge on any atom is 0.222 e. The fourth-order valence-corrected chi connectivity index (χ4v) is 4.35. The Balaban J connectivity index is 0.00000385. The van der Waals surface area contributed by atoms with E-state index in [1.807, 2.05) is 24.0 Å². The molecule has 0 spiro atoms. The first kappa shape index (κ1) is 27.5. The second kappa shape index (κ2) is 14.5. The van der Waals surface area contributed by atoms with E-state index in [4.69, 9.17) is 9.73 Å². The molecule has 1 aromatic rings. The highest BCUT2D eigenvalue weighted by atomic mass is 127. The number of hydrogen-bond donors (Lipinski definition) is 2. The van der Waals surface area contributed by atoms with Gasteiger partial charge in [0.2, 0.25) is 5.91 Å². The number of anilines is 1. The van der Waals surface area contributed by atoms with Gasteiger partial charge in [-0.1, -0.05) is 6.92 Å². The summed E-state index contributed by atoms with van der Waals surface area (Å²) in [5.41, 5.74) is 1.27. The Labute approximate surface area is 216 Å². The minimum Gasteiger partial charge on any atom is -0.497 e. The fourth-order valence-electron chi connectivity index (χ4n) is 4.35. The van der Waals surface area contributed by atoms with E-state index in [-0.39, 0.29) is 35.9 Å². The van der Waals surface area contributed by atoms with Crippen LogP contribution in [-0.4, -0.2) is 93.7 Å². The minimum absolute atomic E-state index is 0. The Morgan fingerprint density at radius 2 is 1.85 bits per heavy atom. The molecule has 2 N–H and O–H groups in total. The lowest BCUT2D eigenvalue weighted by Crippen LogP contribution is -2.47. The van der Waals surface area contributed by atoms with Crippen LogP contribution < -0.4 is 20.3 Å². The van der Waals surface area contributed by atoms with Crippen molar-refractivity contribution in [3.05, 3.63) is 24.3 Å². The summed E-state index contributed by atoms with van der Waals surface area (Å²) < 4.78 is 5.25. The molecule has 2 saturated heterocycles. The van der Waals surface area contributed by atoms with E-state index >= 15 is 0 Å². The maximum atomic E-state index is 11.9. The smallest absolute Gasteiger partial charge is 0.222 e. The molecule has 0 saturated carbocycles. The van der Waals surface area contributed by atoms with Crippen LogP contribution in [0.25, 0.3) is 0 Å². The summed E-state index contributed by atoms with van der Waals surface area (Å²) in [4.78, 5) is 23.6. The normalized spacial score (nSPS) is 19.2. The summed E-state index contributed by atoms with van der Waals surface area (Å²) in [6, 6.07) is 8.62. The first-order valence-corrected chi connectivity index (χ1v) is 12.1. The van der Waals surface area contributed by atoms with Crippen LogP contribution in [0, 0.1) is 0 Å². The molecule has 9 heteroatoms. The molecular weight excluding hydrogens is 531 g/mol. The summed E-state index contributed by atoms with van der Waals surface area (Å²) in [7, 11) is 1.70. The number of halogens is 1. The molecule has 1 amide bonds. The number of ether oxygens (including phenoxy) is 1. The number of hydrogen-bond acceptors (Lipinski definition) is 5. The lowest BCUT2D eigenvalue weighted by Gasteiger charge is -2.36. The molecule has 33 heavy (non-hydrogen) atoms. The first-order valence-electron chi connectivity index (χ1n) is 12.1. The van der Waals surface area contributed by atoms with Gasteiger partial charge < -0.3 is 25.2 Å². The molecule has 2 heterocycles. The van der Waals surface area contributed by atoms with Gasteiger partial charge in [0.15, 0.2) is 5.96 Å². The summed E-state index contributed by atoms with van der Waals surface area (Å²) in [6.45, 7) is 12.6. The standard InChI is InChI=1S/C24H40N6O2.HI/c1-4-23(31)30-14-11-20(19-30)27-24(25-5-2)26-12-6-13-28-15-17-29(18-16-28)21-7-9-22(32-3)10-8-21;/h7-10,20H,4-6,11-19H2,1-3H3,(H2,25,26,27);1H. The van der Waals surface area contributed by atoms with Gasteiger partial charge in [-0.2, -0.15) is 0 Å². The molecule has 1 aromatic carbocycles. The summed E-state index contributed by atoms with van der Waals surface area (Å²) in [5.74, 6) is 2.01. The SMILES string of the molecule is CCNC(=NCCCN1CCN(c2ccc(OC)cc2)CC1)NC1CCN(C(=O)CC)C1.I. The second-order valence-corrected chi connectivity index (χ2v) is 8.46. The van der Waals surface area contributed by atoms with Crippen molar-refractivity contribution < 1.29 is 9.53 Å². The first-order chi connectivity index (χ1) is 15.6. The molecule has 0 bridgehead atoms. The van der Waals surface area contributed by atoms with Crippen molar-refractivity contribution in [3.63, 3.8) is 0 Å². The van der Waals surface area contributed by atoms with Gasteiger partial charge in [-0.15, -0.1) is 24.0 Å². The van der Waals surface area contributed by atoms with Gasteiger partial charge in [0.25, 0.3) is 0 Å². The minimum atomic E-state index is 0. The number of likely N-dealkylation sites (tertiary alicyclic amines) is 1. The Hall–Kier alpha value is -1.75. The van der Waals surface area contributed by atoms with Gasteiger partial charge in [0.05, 0.1) is 7.11 Å². The molecule has 3 rings (SSSR count). The molecule has 0 aliphatic carbocycles. The van der Waals surface area contributed by atoms with Crippen molar-refractivity contribution in [2.45, 2.75) is 39.2 Å². The molecule has 2 aliphatic rings. The van der Waals surface area contributed by atoms with Crippen LogP contribution in [0.4, 0.5) is 5.69 Å². The van der Waals surface area contributed by atoms with Crippen molar-refractivity contribution in [1.82, 2.24) is 20.4 Å². The zero-order valence-electron chi connectivity index (χ0n) is 20.4. The lowest BCUT2D eigenvalue weighted by molar-refractivity contribution is -0.129.